The minimum atomic E-state index is -0.899. The number of hydrogen-bond donors (Lipinski definition) is 3. The van der Waals surface area contributed by atoms with E-state index in [1.807, 2.05) is 12.1 Å². The highest BCUT2D eigenvalue weighted by molar-refractivity contribution is 7.80. The summed E-state index contributed by atoms with van der Waals surface area (Å²) in [6, 6.07) is 6.75. The van der Waals surface area contributed by atoms with Gasteiger partial charge >= 0.3 is 5.97 Å². The largest absolute Gasteiger partial charge is 0.481 e. The fourth-order valence-corrected chi connectivity index (χ4v) is 1.43. The molecule has 0 aliphatic rings. The zero-order chi connectivity index (χ0) is 9.84. The van der Waals surface area contributed by atoms with E-state index >= 15 is 0 Å². The molecule has 1 aromatic carbocycles. The molecule has 0 aliphatic heterocycles. The van der Waals surface area contributed by atoms with Crippen LogP contribution in [0.15, 0.2) is 29.2 Å². The number of aliphatic carboxylic acids is 1. The number of benzene rings is 1. The fourth-order valence-electron chi connectivity index (χ4n) is 1.10. The van der Waals surface area contributed by atoms with Gasteiger partial charge < -0.3 is 10.8 Å². The van der Waals surface area contributed by atoms with Gasteiger partial charge in [-0.2, -0.15) is 0 Å². The van der Waals surface area contributed by atoms with E-state index < -0.39 is 12.0 Å². The Morgan fingerprint density at radius 2 is 2.15 bits per heavy atom. The lowest BCUT2D eigenvalue weighted by atomic mass is 10.1. The molecule has 0 saturated carbocycles. The number of rotatable bonds is 3. The molecule has 1 aromatic rings. The number of hydrogen-bond acceptors (Lipinski definition) is 3. The number of carboxylic acid groups (broad SMARTS) is 1. The molecule has 1 rings (SSSR count). The summed E-state index contributed by atoms with van der Waals surface area (Å²) in [4.78, 5) is 11.1. The predicted octanol–water partition coefficient (Wildman–Crippen LogP) is 1.45. The summed E-state index contributed by atoms with van der Waals surface area (Å²) < 4.78 is 0. The Morgan fingerprint density at radius 1 is 1.54 bits per heavy atom. The van der Waals surface area contributed by atoms with Crippen LogP contribution in [0.1, 0.15) is 18.0 Å². The van der Waals surface area contributed by atoms with Gasteiger partial charge in [-0.05, 0) is 11.6 Å². The lowest BCUT2D eigenvalue weighted by molar-refractivity contribution is -0.137. The summed E-state index contributed by atoms with van der Waals surface area (Å²) in [6.07, 6.45) is -0.0719. The Labute approximate surface area is 82.0 Å². The minimum Gasteiger partial charge on any atom is -0.481 e. The molecule has 1 atom stereocenters. The summed E-state index contributed by atoms with van der Waals surface area (Å²) >= 11 is 4.19. The van der Waals surface area contributed by atoms with Crippen LogP contribution >= 0.6 is 12.6 Å². The topological polar surface area (TPSA) is 63.3 Å². The van der Waals surface area contributed by atoms with Crippen LogP contribution in [0.25, 0.3) is 0 Å². The quantitative estimate of drug-likeness (QED) is 0.643. The first-order valence-electron chi connectivity index (χ1n) is 3.86. The highest BCUT2D eigenvalue weighted by atomic mass is 32.1. The molecule has 0 radical (unpaired) electrons. The number of thiol groups is 1. The van der Waals surface area contributed by atoms with Gasteiger partial charge in [0.1, 0.15) is 0 Å². The van der Waals surface area contributed by atoms with Crippen LogP contribution in [0.2, 0.25) is 0 Å². The first kappa shape index (κ1) is 10.1. The van der Waals surface area contributed by atoms with E-state index in [0.717, 1.165) is 10.5 Å². The van der Waals surface area contributed by atoms with Crippen LogP contribution in [0.3, 0.4) is 0 Å². The van der Waals surface area contributed by atoms with Crippen LogP contribution in [0, 0.1) is 0 Å². The average molecular weight is 197 g/mol. The van der Waals surface area contributed by atoms with Gasteiger partial charge in [0.2, 0.25) is 0 Å². The molecule has 3 nitrogen and oxygen atoms in total. The zero-order valence-electron chi connectivity index (χ0n) is 6.97. The zero-order valence-corrected chi connectivity index (χ0v) is 7.87. The van der Waals surface area contributed by atoms with Crippen molar-refractivity contribution in [2.24, 2.45) is 5.73 Å². The summed E-state index contributed by atoms with van der Waals surface area (Å²) in [6.45, 7) is 0. The molecule has 0 saturated heterocycles. The van der Waals surface area contributed by atoms with E-state index in [1.54, 1.807) is 12.1 Å². The van der Waals surface area contributed by atoms with Crippen LogP contribution in [-0.4, -0.2) is 11.1 Å². The van der Waals surface area contributed by atoms with Crippen molar-refractivity contribution in [1.29, 1.82) is 0 Å². The molecule has 0 fully saturated rings. The summed E-state index contributed by atoms with van der Waals surface area (Å²) in [5, 5.41) is 8.53. The molecule has 0 aliphatic carbocycles. The molecular formula is C9H11NO2S. The molecule has 0 bridgehead atoms. The minimum absolute atomic E-state index is 0.0719. The van der Waals surface area contributed by atoms with Gasteiger partial charge in [-0.25, -0.2) is 0 Å². The van der Waals surface area contributed by atoms with Crippen molar-refractivity contribution in [3.8, 4) is 0 Å². The first-order valence-corrected chi connectivity index (χ1v) is 4.31. The van der Waals surface area contributed by atoms with E-state index in [0.29, 0.717) is 0 Å². The van der Waals surface area contributed by atoms with Crippen molar-refractivity contribution in [2.45, 2.75) is 17.4 Å². The Morgan fingerprint density at radius 3 is 2.69 bits per heavy atom. The molecular weight excluding hydrogens is 186 g/mol. The highest BCUT2D eigenvalue weighted by Crippen LogP contribution is 2.21. The second-order valence-electron chi connectivity index (χ2n) is 2.76. The van der Waals surface area contributed by atoms with E-state index in [4.69, 9.17) is 10.8 Å². The molecule has 0 heterocycles. The molecule has 0 amide bonds. The van der Waals surface area contributed by atoms with Crippen molar-refractivity contribution < 1.29 is 9.90 Å². The lowest BCUT2D eigenvalue weighted by Gasteiger charge is -2.11. The van der Waals surface area contributed by atoms with Crippen LogP contribution < -0.4 is 5.73 Å². The maximum atomic E-state index is 10.4. The van der Waals surface area contributed by atoms with Gasteiger partial charge in [-0.15, -0.1) is 12.6 Å². The Bertz CT molecular complexity index is 314. The first-order chi connectivity index (χ1) is 6.11. The van der Waals surface area contributed by atoms with Crippen molar-refractivity contribution in [3.05, 3.63) is 29.8 Å². The second-order valence-corrected chi connectivity index (χ2v) is 3.24. The monoisotopic (exact) mass is 197 g/mol. The van der Waals surface area contributed by atoms with E-state index in [2.05, 4.69) is 12.6 Å². The normalized spacial score (nSPS) is 12.5. The highest BCUT2D eigenvalue weighted by Gasteiger charge is 2.12. The van der Waals surface area contributed by atoms with Gasteiger partial charge in [-0.3, -0.25) is 4.79 Å². The van der Waals surface area contributed by atoms with E-state index in [1.165, 1.54) is 0 Å². The molecule has 1 unspecified atom stereocenters. The van der Waals surface area contributed by atoms with Crippen LogP contribution in [0.4, 0.5) is 0 Å². The van der Waals surface area contributed by atoms with Gasteiger partial charge in [0.25, 0.3) is 0 Å². The SMILES string of the molecule is NC(CC(=O)O)c1ccccc1S. The predicted molar refractivity (Wildman–Crippen MR) is 52.9 cm³/mol. The van der Waals surface area contributed by atoms with Crippen molar-refractivity contribution in [3.63, 3.8) is 0 Å². The lowest BCUT2D eigenvalue weighted by Crippen LogP contribution is -2.15. The number of nitrogens with two attached hydrogens (primary N) is 1. The summed E-state index contributed by atoms with van der Waals surface area (Å²) in [7, 11) is 0. The Kier molecular flexibility index (Phi) is 3.33. The molecule has 0 spiro atoms. The van der Waals surface area contributed by atoms with Gasteiger partial charge in [0, 0.05) is 10.9 Å². The van der Waals surface area contributed by atoms with Crippen molar-refractivity contribution in [1.82, 2.24) is 0 Å². The van der Waals surface area contributed by atoms with Crippen LogP contribution in [-0.2, 0) is 4.79 Å². The van der Waals surface area contributed by atoms with Gasteiger partial charge in [-0.1, -0.05) is 18.2 Å². The van der Waals surface area contributed by atoms with E-state index in [9.17, 15) is 4.79 Å². The Balaban J connectivity index is 2.82. The molecule has 70 valence electrons. The van der Waals surface area contributed by atoms with Gasteiger partial charge in [0.15, 0.2) is 0 Å². The van der Waals surface area contributed by atoms with E-state index in [-0.39, 0.29) is 6.42 Å². The molecule has 0 aromatic heterocycles. The number of carbonyl (C=O) groups is 1. The summed E-state index contributed by atoms with van der Waals surface area (Å²) in [5.41, 5.74) is 6.44. The fraction of sp³-hybridized carbons (Fsp3) is 0.222. The number of carboxylic acids is 1. The third kappa shape index (κ3) is 2.75. The van der Waals surface area contributed by atoms with Gasteiger partial charge in [0.05, 0.1) is 6.42 Å². The molecule has 3 N–H and O–H groups in total. The maximum Gasteiger partial charge on any atom is 0.305 e. The maximum absolute atomic E-state index is 10.4. The standard InChI is InChI=1S/C9H11NO2S/c10-7(5-9(11)12)6-3-1-2-4-8(6)13/h1-4,7,13H,5,10H2,(H,11,12). The average Bonchev–Trinajstić information content (AvgIpc) is 2.03. The van der Waals surface area contributed by atoms with Crippen molar-refractivity contribution in [2.75, 3.05) is 0 Å². The second kappa shape index (κ2) is 4.30. The molecule has 4 heteroatoms. The Hall–Kier alpha value is -1.00. The smallest absolute Gasteiger partial charge is 0.305 e. The summed E-state index contributed by atoms with van der Waals surface area (Å²) in [5.74, 6) is -0.899. The third-order valence-corrected chi connectivity index (χ3v) is 2.14. The molecule has 13 heavy (non-hydrogen) atoms. The van der Waals surface area contributed by atoms with Crippen molar-refractivity contribution >= 4 is 18.6 Å². The van der Waals surface area contributed by atoms with Crippen LogP contribution in [0.5, 0.6) is 0 Å². The third-order valence-electron chi connectivity index (χ3n) is 1.73.